The zero-order chi connectivity index (χ0) is 49.8. The largest absolute Gasteiger partial charge is 0.462 e. The molecule has 2 atom stereocenters. The van der Waals surface area contributed by atoms with E-state index >= 15 is 0 Å². The zero-order valence-electron chi connectivity index (χ0n) is 46.9. The standard InChI is InChI=1S/C62H120O6/c1-7-58(6)50-44-38-32-26-19-14-12-10-8-9-11-13-15-21-29-35-41-47-53-62(65)68-59(55-67-61(64)52-46-40-34-28-23-22-25-31-37-43-49-57(4)5)54-66-60(63)51-45-39-33-27-20-17-16-18-24-30-36-42-48-56(2)3/h56-59H,7-55H2,1-6H3/t58?,59-/m1/s1. The van der Waals surface area contributed by atoms with Gasteiger partial charge in [-0.1, -0.05) is 305 Å². The van der Waals surface area contributed by atoms with E-state index in [0.29, 0.717) is 19.3 Å². The van der Waals surface area contributed by atoms with Gasteiger partial charge < -0.3 is 14.2 Å². The first-order valence-corrected chi connectivity index (χ1v) is 30.6. The van der Waals surface area contributed by atoms with Crippen molar-refractivity contribution in [2.75, 3.05) is 13.2 Å². The van der Waals surface area contributed by atoms with E-state index in [0.717, 1.165) is 75.5 Å². The molecule has 0 saturated carbocycles. The third-order valence-corrected chi connectivity index (χ3v) is 14.5. The van der Waals surface area contributed by atoms with Crippen LogP contribution in [0.2, 0.25) is 0 Å². The molecule has 0 aromatic carbocycles. The molecule has 404 valence electrons. The molecule has 0 aliphatic rings. The van der Waals surface area contributed by atoms with Crippen molar-refractivity contribution in [3.05, 3.63) is 0 Å². The second-order valence-corrected chi connectivity index (χ2v) is 22.5. The molecule has 0 bridgehead atoms. The number of carbonyl (C=O) groups excluding carboxylic acids is 3. The van der Waals surface area contributed by atoms with Gasteiger partial charge in [0.25, 0.3) is 0 Å². The van der Waals surface area contributed by atoms with Gasteiger partial charge in [0.15, 0.2) is 6.10 Å². The number of rotatable bonds is 55. The molecule has 0 aromatic rings. The Morgan fingerprint density at radius 3 is 0.765 bits per heavy atom. The van der Waals surface area contributed by atoms with Crippen LogP contribution in [0.3, 0.4) is 0 Å². The number of hydrogen-bond acceptors (Lipinski definition) is 6. The summed E-state index contributed by atoms with van der Waals surface area (Å²) in [5.41, 5.74) is 0. The quantitative estimate of drug-likeness (QED) is 0.0343. The van der Waals surface area contributed by atoms with Crippen molar-refractivity contribution in [3.8, 4) is 0 Å². The highest BCUT2D eigenvalue weighted by molar-refractivity contribution is 5.71. The molecule has 0 heterocycles. The van der Waals surface area contributed by atoms with Gasteiger partial charge in [-0.05, 0) is 37.0 Å². The third-order valence-electron chi connectivity index (χ3n) is 14.5. The van der Waals surface area contributed by atoms with Crippen LogP contribution >= 0.6 is 0 Å². The second-order valence-electron chi connectivity index (χ2n) is 22.5. The van der Waals surface area contributed by atoms with Crippen molar-refractivity contribution in [1.29, 1.82) is 0 Å². The lowest BCUT2D eigenvalue weighted by Crippen LogP contribution is -2.30. The average molecular weight is 962 g/mol. The second kappa shape index (κ2) is 53.2. The molecule has 0 radical (unpaired) electrons. The monoisotopic (exact) mass is 961 g/mol. The van der Waals surface area contributed by atoms with Crippen LogP contribution in [0.5, 0.6) is 0 Å². The molecule has 0 aromatic heterocycles. The molecule has 0 spiro atoms. The summed E-state index contributed by atoms with van der Waals surface area (Å²) >= 11 is 0. The Hall–Kier alpha value is -1.59. The van der Waals surface area contributed by atoms with Gasteiger partial charge in [0, 0.05) is 19.3 Å². The van der Waals surface area contributed by atoms with Crippen LogP contribution in [0.25, 0.3) is 0 Å². The molecule has 6 nitrogen and oxygen atoms in total. The summed E-state index contributed by atoms with van der Waals surface area (Å²) in [5.74, 6) is 1.72. The molecule has 68 heavy (non-hydrogen) atoms. The fraction of sp³-hybridized carbons (Fsp3) is 0.952. The van der Waals surface area contributed by atoms with Crippen LogP contribution < -0.4 is 0 Å². The summed E-state index contributed by atoms with van der Waals surface area (Å²) in [7, 11) is 0. The van der Waals surface area contributed by atoms with E-state index in [1.807, 2.05) is 0 Å². The van der Waals surface area contributed by atoms with Crippen LogP contribution in [0.1, 0.15) is 343 Å². The minimum Gasteiger partial charge on any atom is -0.462 e. The van der Waals surface area contributed by atoms with E-state index in [-0.39, 0.29) is 31.1 Å². The average Bonchev–Trinajstić information content (AvgIpc) is 3.31. The maximum Gasteiger partial charge on any atom is 0.306 e. The number of ether oxygens (including phenoxy) is 3. The van der Waals surface area contributed by atoms with E-state index in [1.54, 1.807) is 0 Å². The zero-order valence-corrected chi connectivity index (χ0v) is 46.9. The van der Waals surface area contributed by atoms with Crippen molar-refractivity contribution < 1.29 is 28.6 Å². The number of hydrogen-bond donors (Lipinski definition) is 0. The fourth-order valence-corrected chi connectivity index (χ4v) is 9.50. The van der Waals surface area contributed by atoms with Crippen LogP contribution in [0.4, 0.5) is 0 Å². The first-order chi connectivity index (χ1) is 33.1. The highest BCUT2D eigenvalue weighted by Crippen LogP contribution is 2.19. The van der Waals surface area contributed by atoms with Crippen molar-refractivity contribution in [2.24, 2.45) is 17.8 Å². The first kappa shape index (κ1) is 66.4. The van der Waals surface area contributed by atoms with Crippen molar-refractivity contribution in [1.82, 2.24) is 0 Å². The van der Waals surface area contributed by atoms with Crippen LogP contribution in [-0.4, -0.2) is 37.2 Å². The van der Waals surface area contributed by atoms with Crippen molar-refractivity contribution in [3.63, 3.8) is 0 Å². The lowest BCUT2D eigenvalue weighted by molar-refractivity contribution is -0.167. The van der Waals surface area contributed by atoms with Gasteiger partial charge in [-0.25, -0.2) is 0 Å². The highest BCUT2D eigenvalue weighted by atomic mass is 16.6. The molecule has 0 saturated heterocycles. The summed E-state index contributed by atoms with van der Waals surface area (Å²) in [6.45, 7) is 13.8. The summed E-state index contributed by atoms with van der Waals surface area (Å²) in [4.78, 5) is 38.2. The van der Waals surface area contributed by atoms with E-state index in [1.165, 1.54) is 225 Å². The topological polar surface area (TPSA) is 78.9 Å². The van der Waals surface area contributed by atoms with Gasteiger partial charge in [0.1, 0.15) is 13.2 Å². The van der Waals surface area contributed by atoms with Crippen LogP contribution in [0.15, 0.2) is 0 Å². The molecule has 0 fully saturated rings. The Morgan fingerprint density at radius 1 is 0.294 bits per heavy atom. The van der Waals surface area contributed by atoms with E-state index in [2.05, 4.69) is 41.5 Å². The van der Waals surface area contributed by atoms with Gasteiger partial charge in [-0.3, -0.25) is 14.4 Å². The SMILES string of the molecule is CCC(C)CCCCCCCCCCCCCCCCCCCCC(=O)O[C@H](COC(=O)CCCCCCCCCCCCCCC(C)C)COC(=O)CCCCCCCCCCCCC(C)C. The predicted octanol–water partition coefficient (Wildman–Crippen LogP) is 20.3. The minimum atomic E-state index is -0.764. The number of unbranched alkanes of at least 4 members (excludes halogenated alkanes) is 37. The Balaban J connectivity index is 4.26. The smallest absolute Gasteiger partial charge is 0.306 e. The highest BCUT2D eigenvalue weighted by Gasteiger charge is 2.19. The van der Waals surface area contributed by atoms with E-state index < -0.39 is 6.10 Å². The molecular formula is C62H120O6. The predicted molar refractivity (Wildman–Crippen MR) is 293 cm³/mol. The number of carbonyl (C=O) groups is 3. The molecule has 1 unspecified atom stereocenters. The molecule has 6 heteroatoms. The third kappa shape index (κ3) is 53.8. The summed E-state index contributed by atoms with van der Waals surface area (Å²) in [5, 5.41) is 0. The number of esters is 3. The lowest BCUT2D eigenvalue weighted by atomic mass is 9.99. The van der Waals surface area contributed by atoms with Gasteiger partial charge in [0.05, 0.1) is 0 Å². The minimum absolute atomic E-state index is 0.0634. The summed E-state index contributed by atoms with van der Waals surface area (Å²) < 4.78 is 16.9. The van der Waals surface area contributed by atoms with Gasteiger partial charge in [-0.15, -0.1) is 0 Å². The fourth-order valence-electron chi connectivity index (χ4n) is 9.50. The van der Waals surface area contributed by atoms with E-state index in [9.17, 15) is 14.4 Å². The normalized spacial score (nSPS) is 12.5. The molecular weight excluding hydrogens is 841 g/mol. The Morgan fingerprint density at radius 2 is 0.515 bits per heavy atom. The Labute approximate surface area is 425 Å². The Bertz CT molecular complexity index is 1060. The van der Waals surface area contributed by atoms with Gasteiger partial charge in [0.2, 0.25) is 0 Å². The van der Waals surface area contributed by atoms with Crippen molar-refractivity contribution >= 4 is 17.9 Å². The summed E-state index contributed by atoms with van der Waals surface area (Å²) in [6, 6.07) is 0. The molecule has 0 N–H and O–H groups in total. The molecule has 0 aliphatic carbocycles. The lowest BCUT2D eigenvalue weighted by Gasteiger charge is -2.18. The molecule has 0 rings (SSSR count). The van der Waals surface area contributed by atoms with Crippen LogP contribution in [-0.2, 0) is 28.6 Å². The molecule has 0 aliphatic heterocycles. The molecule has 0 amide bonds. The maximum absolute atomic E-state index is 12.9. The van der Waals surface area contributed by atoms with Gasteiger partial charge >= 0.3 is 17.9 Å². The maximum atomic E-state index is 12.9. The van der Waals surface area contributed by atoms with E-state index in [4.69, 9.17) is 14.2 Å². The van der Waals surface area contributed by atoms with Gasteiger partial charge in [-0.2, -0.15) is 0 Å². The Kier molecular flexibility index (Phi) is 52.0. The van der Waals surface area contributed by atoms with Crippen LogP contribution in [0, 0.1) is 17.8 Å². The van der Waals surface area contributed by atoms with Crippen molar-refractivity contribution in [2.45, 2.75) is 349 Å². The first-order valence-electron chi connectivity index (χ1n) is 30.6. The summed E-state index contributed by atoms with van der Waals surface area (Å²) in [6.07, 6.45) is 56.7.